The summed E-state index contributed by atoms with van der Waals surface area (Å²) in [6.45, 7) is 4.56. The Morgan fingerprint density at radius 3 is 3.21 bits per heavy atom. The summed E-state index contributed by atoms with van der Waals surface area (Å²) in [5.41, 5.74) is 2.62. The number of hydrogen-bond donors (Lipinski definition) is 1. The van der Waals surface area contributed by atoms with Crippen LogP contribution in [0.25, 0.3) is 0 Å². The van der Waals surface area contributed by atoms with Crippen molar-refractivity contribution >= 4 is 5.69 Å². The van der Waals surface area contributed by atoms with Gasteiger partial charge in [-0.1, -0.05) is 6.07 Å². The van der Waals surface area contributed by atoms with E-state index in [-0.39, 0.29) is 0 Å². The average molecular weight is 257 g/mol. The molecule has 3 rings (SSSR count). The molecule has 0 spiro atoms. The molecule has 2 heterocycles. The molecular weight excluding hydrogens is 238 g/mol. The van der Waals surface area contributed by atoms with Gasteiger partial charge in [0, 0.05) is 30.7 Å². The fraction of sp³-hybridized carbons (Fsp3) is 0.400. The van der Waals surface area contributed by atoms with Gasteiger partial charge in [-0.2, -0.15) is 0 Å². The topological polar surface area (TPSA) is 39.1 Å². The number of benzene rings is 1. The van der Waals surface area contributed by atoms with Gasteiger partial charge in [-0.25, -0.2) is 4.98 Å². The number of aromatic nitrogens is 2. The fourth-order valence-corrected chi connectivity index (χ4v) is 2.43. The number of nitrogens with zero attached hydrogens (tertiary/aromatic N) is 2. The van der Waals surface area contributed by atoms with Crippen LogP contribution in [0.4, 0.5) is 5.69 Å². The summed E-state index contributed by atoms with van der Waals surface area (Å²) in [4.78, 5) is 4.20. The Morgan fingerprint density at radius 1 is 1.42 bits per heavy atom. The number of aryl methyl sites for hydroxylation is 2. The second kappa shape index (κ2) is 5.34. The zero-order chi connectivity index (χ0) is 13.1. The molecule has 100 valence electrons. The summed E-state index contributed by atoms with van der Waals surface area (Å²) < 4.78 is 7.91. The van der Waals surface area contributed by atoms with E-state index < -0.39 is 0 Å². The van der Waals surface area contributed by atoms with E-state index in [9.17, 15) is 0 Å². The number of fused-ring (bicyclic) bond motifs is 1. The molecule has 0 saturated carbocycles. The monoisotopic (exact) mass is 257 g/mol. The molecule has 1 aromatic carbocycles. The predicted molar refractivity (Wildman–Crippen MR) is 75.7 cm³/mol. The maximum absolute atomic E-state index is 5.81. The van der Waals surface area contributed by atoms with Crippen molar-refractivity contribution in [1.82, 2.24) is 9.55 Å². The lowest BCUT2D eigenvalue weighted by molar-refractivity contribution is 0.297. The first-order valence-electron chi connectivity index (χ1n) is 6.80. The van der Waals surface area contributed by atoms with Crippen LogP contribution in [0.5, 0.6) is 5.75 Å². The van der Waals surface area contributed by atoms with Gasteiger partial charge in [0.15, 0.2) is 0 Å². The standard InChI is InChI=1S/C15H19N3O/c1-12-16-7-8-18(12)9-10-19-14-5-4-13-3-2-6-17-15(13)11-14/h4-5,7-8,11,17H,2-3,6,9-10H2,1H3. The highest BCUT2D eigenvalue weighted by atomic mass is 16.5. The van der Waals surface area contributed by atoms with Crippen molar-refractivity contribution in [2.24, 2.45) is 0 Å². The predicted octanol–water partition coefficient (Wildman–Crippen LogP) is 2.63. The normalized spacial score (nSPS) is 13.7. The van der Waals surface area contributed by atoms with Gasteiger partial charge < -0.3 is 14.6 Å². The molecule has 1 aromatic heterocycles. The van der Waals surface area contributed by atoms with E-state index in [1.165, 1.54) is 17.7 Å². The van der Waals surface area contributed by atoms with Crippen LogP contribution in [0.1, 0.15) is 17.8 Å². The molecule has 0 bridgehead atoms. The minimum absolute atomic E-state index is 0.663. The maximum Gasteiger partial charge on any atom is 0.121 e. The van der Waals surface area contributed by atoms with Crippen LogP contribution in [-0.4, -0.2) is 22.7 Å². The number of imidazole rings is 1. The van der Waals surface area contributed by atoms with Crippen LogP contribution in [0, 0.1) is 6.92 Å². The maximum atomic E-state index is 5.81. The molecule has 0 atom stereocenters. The molecule has 0 saturated heterocycles. The van der Waals surface area contributed by atoms with Gasteiger partial charge in [-0.3, -0.25) is 0 Å². The van der Waals surface area contributed by atoms with Crippen LogP contribution in [0.15, 0.2) is 30.6 Å². The van der Waals surface area contributed by atoms with E-state index in [1.54, 1.807) is 0 Å². The van der Waals surface area contributed by atoms with E-state index in [4.69, 9.17) is 4.74 Å². The molecule has 1 aliphatic rings. The highest BCUT2D eigenvalue weighted by Crippen LogP contribution is 2.26. The van der Waals surface area contributed by atoms with Crippen LogP contribution in [-0.2, 0) is 13.0 Å². The summed E-state index contributed by atoms with van der Waals surface area (Å²) in [5, 5.41) is 3.42. The molecule has 0 amide bonds. The van der Waals surface area contributed by atoms with E-state index in [2.05, 4.69) is 33.1 Å². The first-order chi connectivity index (χ1) is 9.33. The molecule has 0 fully saturated rings. The van der Waals surface area contributed by atoms with Crippen molar-refractivity contribution < 1.29 is 4.74 Å². The number of anilines is 1. The van der Waals surface area contributed by atoms with Gasteiger partial charge in [0.1, 0.15) is 18.2 Å². The summed E-state index contributed by atoms with van der Waals surface area (Å²) in [7, 11) is 0. The SMILES string of the molecule is Cc1nccn1CCOc1ccc2c(c1)NCCC2. The third-order valence-electron chi connectivity index (χ3n) is 3.54. The van der Waals surface area contributed by atoms with Crippen molar-refractivity contribution in [2.45, 2.75) is 26.3 Å². The lowest BCUT2D eigenvalue weighted by atomic mass is 10.0. The lowest BCUT2D eigenvalue weighted by Gasteiger charge is -2.18. The molecule has 4 nitrogen and oxygen atoms in total. The fourth-order valence-electron chi connectivity index (χ4n) is 2.43. The van der Waals surface area contributed by atoms with Crippen molar-refractivity contribution in [2.75, 3.05) is 18.5 Å². The Hall–Kier alpha value is -1.97. The van der Waals surface area contributed by atoms with Crippen LogP contribution in [0.2, 0.25) is 0 Å². The second-order valence-corrected chi connectivity index (χ2v) is 4.87. The Kier molecular flexibility index (Phi) is 3.40. The summed E-state index contributed by atoms with van der Waals surface area (Å²) in [6, 6.07) is 6.33. The molecule has 1 N–H and O–H groups in total. The van der Waals surface area contributed by atoms with Crippen LogP contribution in [0.3, 0.4) is 0 Å². The molecule has 0 radical (unpaired) electrons. The second-order valence-electron chi connectivity index (χ2n) is 4.87. The first-order valence-corrected chi connectivity index (χ1v) is 6.80. The largest absolute Gasteiger partial charge is 0.492 e. The molecular formula is C15H19N3O. The van der Waals surface area contributed by atoms with Gasteiger partial charge in [-0.05, 0) is 31.4 Å². The number of hydrogen-bond acceptors (Lipinski definition) is 3. The molecule has 19 heavy (non-hydrogen) atoms. The number of nitrogens with one attached hydrogen (secondary N) is 1. The molecule has 2 aromatic rings. The van der Waals surface area contributed by atoms with Crippen molar-refractivity contribution in [1.29, 1.82) is 0 Å². The average Bonchev–Trinajstić information content (AvgIpc) is 2.84. The quantitative estimate of drug-likeness (QED) is 0.915. The van der Waals surface area contributed by atoms with E-state index >= 15 is 0 Å². The Bertz CT molecular complexity index is 562. The highest BCUT2D eigenvalue weighted by Gasteiger charge is 2.09. The summed E-state index contributed by atoms with van der Waals surface area (Å²) >= 11 is 0. The third-order valence-corrected chi connectivity index (χ3v) is 3.54. The third kappa shape index (κ3) is 2.72. The van der Waals surface area contributed by atoms with Gasteiger partial charge in [0.05, 0.1) is 6.54 Å². The van der Waals surface area contributed by atoms with E-state index in [0.29, 0.717) is 6.61 Å². The van der Waals surface area contributed by atoms with Gasteiger partial charge >= 0.3 is 0 Å². The van der Waals surface area contributed by atoms with Crippen LogP contribution >= 0.6 is 0 Å². The van der Waals surface area contributed by atoms with Crippen molar-refractivity contribution in [3.05, 3.63) is 42.0 Å². The number of rotatable bonds is 4. The highest BCUT2D eigenvalue weighted by molar-refractivity contribution is 5.56. The minimum atomic E-state index is 0.663. The van der Waals surface area contributed by atoms with Crippen molar-refractivity contribution in [3.8, 4) is 5.75 Å². The van der Waals surface area contributed by atoms with E-state index in [1.807, 2.05) is 19.3 Å². The number of ether oxygens (including phenoxy) is 1. The summed E-state index contributed by atoms with van der Waals surface area (Å²) in [5.74, 6) is 1.96. The molecule has 4 heteroatoms. The summed E-state index contributed by atoms with van der Waals surface area (Å²) in [6.07, 6.45) is 6.18. The molecule has 0 unspecified atom stereocenters. The van der Waals surface area contributed by atoms with E-state index in [0.717, 1.165) is 31.1 Å². The molecule has 0 aliphatic carbocycles. The Balaban J connectivity index is 1.59. The lowest BCUT2D eigenvalue weighted by Crippen LogP contribution is -2.12. The minimum Gasteiger partial charge on any atom is -0.492 e. The van der Waals surface area contributed by atoms with Gasteiger partial charge in [0.2, 0.25) is 0 Å². The Morgan fingerprint density at radius 2 is 2.37 bits per heavy atom. The Labute approximate surface area is 113 Å². The zero-order valence-electron chi connectivity index (χ0n) is 11.2. The smallest absolute Gasteiger partial charge is 0.121 e. The first kappa shape index (κ1) is 12.1. The van der Waals surface area contributed by atoms with Gasteiger partial charge in [0.25, 0.3) is 0 Å². The molecule has 1 aliphatic heterocycles. The van der Waals surface area contributed by atoms with Crippen LogP contribution < -0.4 is 10.1 Å². The zero-order valence-corrected chi connectivity index (χ0v) is 11.2. The van der Waals surface area contributed by atoms with Crippen molar-refractivity contribution in [3.63, 3.8) is 0 Å². The van der Waals surface area contributed by atoms with Gasteiger partial charge in [-0.15, -0.1) is 0 Å².